The molecule has 0 saturated carbocycles. The molecule has 1 heterocycles. The van der Waals surface area contributed by atoms with Crippen molar-refractivity contribution in [2.75, 3.05) is 13.2 Å². The number of aromatic amines is 1. The average molecular weight is 324 g/mol. The fourth-order valence-electron chi connectivity index (χ4n) is 2.56. The highest BCUT2D eigenvalue weighted by Crippen LogP contribution is 2.23. The van der Waals surface area contributed by atoms with Crippen molar-refractivity contribution >= 4 is 10.9 Å². The first-order valence-corrected chi connectivity index (χ1v) is 8.05. The molecule has 0 spiro atoms. The summed E-state index contributed by atoms with van der Waals surface area (Å²) in [7, 11) is 0. The monoisotopic (exact) mass is 324 g/mol. The van der Waals surface area contributed by atoms with Gasteiger partial charge in [-0.25, -0.2) is 4.98 Å². The van der Waals surface area contributed by atoms with E-state index in [2.05, 4.69) is 9.97 Å². The summed E-state index contributed by atoms with van der Waals surface area (Å²) in [6.45, 7) is 5.02. The van der Waals surface area contributed by atoms with E-state index in [0.29, 0.717) is 29.9 Å². The Morgan fingerprint density at radius 1 is 1.00 bits per heavy atom. The molecule has 24 heavy (non-hydrogen) atoms. The van der Waals surface area contributed by atoms with E-state index >= 15 is 0 Å². The van der Waals surface area contributed by atoms with Crippen LogP contribution in [0.4, 0.5) is 0 Å². The van der Waals surface area contributed by atoms with E-state index in [4.69, 9.17) is 9.47 Å². The topological polar surface area (TPSA) is 64.2 Å². The van der Waals surface area contributed by atoms with Gasteiger partial charge in [0, 0.05) is 24.3 Å². The molecule has 3 aromatic rings. The highest BCUT2D eigenvalue weighted by atomic mass is 16.7. The summed E-state index contributed by atoms with van der Waals surface area (Å²) in [5, 5.41) is 0.589. The lowest BCUT2D eigenvalue weighted by atomic mass is 10.1. The lowest BCUT2D eigenvalue weighted by molar-refractivity contribution is -0.140. The van der Waals surface area contributed by atoms with Crippen LogP contribution in [0.25, 0.3) is 22.3 Å². The van der Waals surface area contributed by atoms with Crippen LogP contribution in [0.2, 0.25) is 0 Å². The molecule has 0 aliphatic rings. The summed E-state index contributed by atoms with van der Waals surface area (Å²) in [4.78, 5) is 19.6. The second-order valence-corrected chi connectivity index (χ2v) is 5.30. The molecule has 2 aromatic carbocycles. The standard InChI is InChI=1S/C19H20N2O3/c1-3-23-19(24-4-2)14-11-9-13(10-12-14)17-20-16-8-6-5-7-15(16)18(22)21-17/h5-12,19H,3-4H2,1-2H3,(H,20,21,22). The molecule has 124 valence electrons. The van der Waals surface area contributed by atoms with Crippen molar-refractivity contribution in [1.29, 1.82) is 0 Å². The fraction of sp³-hybridized carbons (Fsp3) is 0.263. The van der Waals surface area contributed by atoms with Crippen LogP contribution >= 0.6 is 0 Å². The van der Waals surface area contributed by atoms with Gasteiger partial charge >= 0.3 is 0 Å². The quantitative estimate of drug-likeness (QED) is 0.703. The molecule has 0 fully saturated rings. The second-order valence-electron chi connectivity index (χ2n) is 5.30. The Bertz CT molecular complexity index is 866. The maximum atomic E-state index is 12.2. The van der Waals surface area contributed by atoms with Crippen LogP contribution in [-0.4, -0.2) is 23.2 Å². The molecular formula is C19H20N2O3. The number of benzene rings is 2. The zero-order valence-corrected chi connectivity index (χ0v) is 13.8. The normalized spacial score (nSPS) is 11.3. The van der Waals surface area contributed by atoms with Crippen LogP contribution in [0.3, 0.4) is 0 Å². The Balaban J connectivity index is 1.94. The molecule has 5 nitrogen and oxygen atoms in total. The van der Waals surface area contributed by atoms with E-state index in [1.54, 1.807) is 6.07 Å². The van der Waals surface area contributed by atoms with Gasteiger partial charge < -0.3 is 14.5 Å². The van der Waals surface area contributed by atoms with Crippen LogP contribution in [0.15, 0.2) is 53.3 Å². The van der Waals surface area contributed by atoms with Gasteiger partial charge in [-0.15, -0.1) is 0 Å². The largest absolute Gasteiger partial charge is 0.349 e. The first-order chi connectivity index (χ1) is 11.7. The number of rotatable bonds is 6. The molecule has 0 amide bonds. The summed E-state index contributed by atoms with van der Waals surface area (Å²) >= 11 is 0. The Kier molecular flexibility index (Phi) is 5.03. The Labute approximate surface area is 140 Å². The van der Waals surface area contributed by atoms with Gasteiger partial charge in [-0.3, -0.25) is 4.79 Å². The molecule has 5 heteroatoms. The average Bonchev–Trinajstić information content (AvgIpc) is 2.62. The maximum Gasteiger partial charge on any atom is 0.259 e. The number of fused-ring (bicyclic) bond motifs is 1. The number of H-pyrrole nitrogens is 1. The predicted octanol–water partition coefficient (Wildman–Crippen LogP) is 3.66. The molecule has 0 saturated heterocycles. The first-order valence-electron chi connectivity index (χ1n) is 8.05. The van der Waals surface area contributed by atoms with Crippen molar-refractivity contribution in [2.45, 2.75) is 20.1 Å². The number of hydrogen-bond acceptors (Lipinski definition) is 4. The molecule has 0 aliphatic carbocycles. The predicted molar refractivity (Wildman–Crippen MR) is 93.8 cm³/mol. The van der Waals surface area contributed by atoms with Crippen LogP contribution in [0.5, 0.6) is 0 Å². The number of nitrogens with zero attached hydrogens (tertiary/aromatic N) is 1. The lowest BCUT2D eigenvalue weighted by Gasteiger charge is -2.17. The Morgan fingerprint density at radius 2 is 1.67 bits per heavy atom. The number of para-hydroxylation sites is 1. The second kappa shape index (κ2) is 7.38. The van der Waals surface area contributed by atoms with Crippen molar-refractivity contribution in [1.82, 2.24) is 9.97 Å². The van der Waals surface area contributed by atoms with E-state index in [1.807, 2.05) is 56.3 Å². The Hall–Kier alpha value is -2.50. The molecule has 0 aliphatic heterocycles. The number of aromatic nitrogens is 2. The van der Waals surface area contributed by atoms with Crippen molar-refractivity contribution in [2.24, 2.45) is 0 Å². The maximum absolute atomic E-state index is 12.2. The van der Waals surface area contributed by atoms with Crippen LogP contribution in [0.1, 0.15) is 25.7 Å². The van der Waals surface area contributed by atoms with Gasteiger partial charge in [0.15, 0.2) is 6.29 Å². The first kappa shape index (κ1) is 16.4. The van der Waals surface area contributed by atoms with Crippen molar-refractivity contribution < 1.29 is 9.47 Å². The molecule has 1 aromatic heterocycles. The molecule has 3 rings (SSSR count). The minimum Gasteiger partial charge on any atom is -0.349 e. The third-order valence-electron chi connectivity index (χ3n) is 3.71. The highest BCUT2D eigenvalue weighted by Gasteiger charge is 2.12. The number of ether oxygens (including phenoxy) is 2. The van der Waals surface area contributed by atoms with Gasteiger partial charge in [0.1, 0.15) is 5.82 Å². The van der Waals surface area contributed by atoms with Crippen molar-refractivity contribution in [3.8, 4) is 11.4 Å². The lowest BCUT2D eigenvalue weighted by Crippen LogP contribution is -2.10. The van der Waals surface area contributed by atoms with Crippen LogP contribution in [-0.2, 0) is 9.47 Å². The van der Waals surface area contributed by atoms with E-state index in [0.717, 1.165) is 11.1 Å². The summed E-state index contributed by atoms with van der Waals surface area (Å²) in [5.41, 5.74) is 2.32. The van der Waals surface area contributed by atoms with Crippen molar-refractivity contribution in [3.05, 3.63) is 64.4 Å². The summed E-state index contributed by atoms with van der Waals surface area (Å²) in [6, 6.07) is 15.0. The van der Waals surface area contributed by atoms with Gasteiger partial charge in [-0.2, -0.15) is 0 Å². The molecule has 0 atom stereocenters. The van der Waals surface area contributed by atoms with E-state index in [-0.39, 0.29) is 11.8 Å². The summed E-state index contributed by atoms with van der Waals surface area (Å²) in [5.74, 6) is 0.551. The minimum atomic E-state index is -0.377. The smallest absolute Gasteiger partial charge is 0.259 e. The Morgan fingerprint density at radius 3 is 2.33 bits per heavy atom. The molecular weight excluding hydrogens is 304 g/mol. The zero-order valence-electron chi connectivity index (χ0n) is 13.8. The van der Waals surface area contributed by atoms with Gasteiger partial charge in [0.05, 0.1) is 10.9 Å². The van der Waals surface area contributed by atoms with Crippen molar-refractivity contribution in [3.63, 3.8) is 0 Å². The minimum absolute atomic E-state index is 0.138. The van der Waals surface area contributed by atoms with Gasteiger partial charge in [-0.05, 0) is 26.0 Å². The van der Waals surface area contributed by atoms with E-state index < -0.39 is 0 Å². The fourth-order valence-corrected chi connectivity index (χ4v) is 2.56. The number of hydrogen-bond donors (Lipinski definition) is 1. The SMILES string of the molecule is CCOC(OCC)c1ccc(-c2nc3ccccc3c(=O)[nH]2)cc1. The molecule has 0 unspecified atom stereocenters. The molecule has 1 N–H and O–H groups in total. The van der Waals surface area contributed by atoms with Crippen LogP contribution < -0.4 is 5.56 Å². The summed E-state index contributed by atoms with van der Waals surface area (Å²) < 4.78 is 11.2. The molecule has 0 bridgehead atoms. The molecule has 0 radical (unpaired) electrons. The van der Waals surface area contributed by atoms with Gasteiger partial charge in [-0.1, -0.05) is 36.4 Å². The zero-order chi connectivity index (χ0) is 16.9. The van der Waals surface area contributed by atoms with Gasteiger partial charge in [0.25, 0.3) is 5.56 Å². The highest BCUT2D eigenvalue weighted by molar-refractivity contribution is 5.79. The van der Waals surface area contributed by atoms with Gasteiger partial charge in [0.2, 0.25) is 0 Å². The van der Waals surface area contributed by atoms with E-state index in [1.165, 1.54) is 0 Å². The van der Waals surface area contributed by atoms with Crippen LogP contribution in [0, 0.1) is 0 Å². The number of nitrogens with one attached hydrogen (secondary N) is 1. The third-order valence-corrected chi connectivity index (χ3v) is 3.71. The third kappa shape index (κ3) is 3.37. The van der Waals surface area contributed by atoms with E-state index in [9.17, 15) is 4.79 Å². The summed E-state index contributed by atoms with van der Waals surface area (Å²) in [6.07, 6.45) is -0.377.